The smallest absolute Gasteiger partial charge is 0.269 e. The van der Waals surface area contributed by atoms with Gasteiger partial charge in [-0.15, -0.1) is 0 Å². The lowest BCUT2D eigenvalue weighted by molar-refractivity contribution is 0.0192. The lowest BCUT2D eigenvalue weighted by Gasteiger charge is -2.24. The summed E-state index contributed by atoms with van der Waals surface area (Å²) >= 11 is 7.25. The molecule has 7 heteroatoms. The van der Waals surface area contributed by atoms with Crippen molar-refractivity contribution in [3.8, 4) is 11.5 Å². The minimum absolute atomic E-state index is 0.352. The van der Waals surface area contributed by atoms with Crippen molar-refractivity contribution in [1.82, 2.24) is 4.90 Å². The fraction of sp³-hybridized carbons (Fsp3) is 0.346. The molecule has 0 N–H and O–H groups in total. The van der Waals surface area contributed by atoms with Crippen molar-refractivity contribution in [2.75, 3.05) is 39.3 Å². The third-order valence-corrected chi connectivity index (χ3v) is 6.61. The molecule has 1 heterocycles. The van der Waals surface area contributed by atoms with Crippen molar-refractivity contribution in [1.29, 1.82) is 0 Å². The maximum absolute atomic E-state index is 5.98. The summed E-state index contributed by atoms with van der Waals surface area (Å²) in [6, 6.07) is 17.8. The van der Waals surface area contributed by atoms with Crippen molar-refractivity contribution in [3.63, 3.8) is 0 Å². The van der Waals surface area contributed by atoms with Crippen LogP contribution in [0.1, 0.15) is 25.0 Å². The van der Waals surface area contributed by atoms with Gasteiger partial charge in [-0.05, 0) is 85.3 Å². The Hall–Kier alpha value is -2.45. The van der Waals surface area contributed by atoms with Crippen LogP contribution in [0.5, 0.6) is 11.5 Å². The molecular weight excluding hydrogens is 452 g/mol. The Kier molecular flexibility index (Phi) is 8.86. The lowest BCUT2D eigenvalue weighted by Crippen LogP contribution is -2.29. The molecule has 0 atom stereocenters. The minimum Gasteiger partial charge on any atom is -0.492 e. The molecule has 0 saturated carbocycles. The quantitative estimate of drug-likeness (QED) is 0.331. The summed E-state index contributed by atoms with van der Waals surface area (Å²) in [5.74, 6) is 1.49. The molecule has 33 heavy (non-hydrogen) atoms. The Labute approximate surface area is 206 Å². The van der Waals surface area contributed by atoms with E-state index in [0.717, 1.165) is 30.1 Å². The lowest BCUT2D eigenvalue weighted by atomic mass is 9.98. The van der Waals surface area contributed by atoms with E-state index in [-0.39, 0.29) is 5.60 Å². The summed E-state index contributed by atoms with van der Waals surface area (Å²) in [7, 11) is 5.69. The van der Waals surface area contributed by atoms with Crippen LogP contribution in [0.25, 0.3) is 0 Å². The number of nitrogens with zero attached hydrogens (tertiary/aromatic N) is 2. The summed E-state index contributed by atoms with van der Waals surface area (Å²) in [6.45, 7) is 6.42. The van der Waals surface area contributed by atoms with Crippen molar-refractivity contribution in [2.24, 2.45) is 0 Å². The van der Waals surface area contributed by atoms with Crippen LogP contribution in [0.3, 0.4) is 0 Å². The maximum atomic E-state index is 5.98. The monoisotopic (exact) mass is 484 g/mol. The van der Waals surface area contributed by atoms with Gasteiger partial charge in [0.1, 0.15) is 18.1 Å². The van der Waals surface area contributed by atoms with Gasteiger partial charge < -0.3 is 19.1 Å². The number of benzene rings is 2. The highest BCUT2D eigenvalue weighted by Gasteiger charge is 2.19. The number of anilines is 1. The highest BCUT2D eigenvalue weighted by Crippen LogP contribution is 2.26. The van der Waals surface area contributed by atoms with Gasteiger partial charge in [0.05, 0.1) is 5.60 Å². The molecule has 0 spiro atoms. The van der Waals surface area contributed by atoms with Crippen molar-refractivity contribution in [2.45, 2.75) is 26.0 Å². The van der Waals surface area contributed by atoms with Crippen LogP contribution in [-0.2, 0) is 16.9 Å². The highest BCUT2D eigenvalue weighted by atomic mass is 32.1. The molecule has 0 saturated heterocycles. The van der Waals surface area contributed by atoms with E-state index in [2.05, 4.69) is 28.8 Å². The number of likely N-dealkylation sites (N-methyl/N-ethyl adjacent to an activating group) is 1. The topological polar surface area (TPSA) is 34.2 Å². The fourth-order valence-electron chi connectivity index (χ4n) is 3.19. The van der Waals surface area contributed by atoms with Crippen molar-refractivity contribution < 1.29 is 14.2 Å². The molecule has 0 aliphatic rings. The Morgan fingerprint density at radius 1 is 1.03 bits per heavy atom. The third-order valence-electron chi connectivity index (χ3n) is 5.52. The van der Waals surface area contributed by atoms with E-state index in [9.17, 15) is 0 Å². The zero-order valence-corrected chi connectivity index (χ0v) is 21.5. The molecule has 176 valence electrons. The molecular formula is C26H32N2O3S2. The van der Waals surface area contributed by atoms with E-state index in [4.69, 9.17) is 26.4 Å². The second-order valence-corrected chi connectivity index (χ2v) is 9.51. The number of thiocarbonyl (C=S) groups is 1. The summed E-state index contributed by atoms with van der Waals surface area (Å²) in [5, 5.41) is 4.64. The predicted octanol–water partition coefficient (Wildman–Crippen LogP) is 5.94. The SMILES string of the molecule is COC(C)(C)c1ccc(OC(=S)N(C)c2cccc(OCCN(C)Cc3ccsc3)c2)cc1. The van der Waals surface area contributed by atoms with Gasteiger partial charge in [0, 0.05) is 39.0 Å². The number of hydrogen-bond acceptors (Lipinski definition) is 6. The van der Waals surface area contributed by atoms with Crippen LogP contribution < -0.4 is 14.4 Å². The Morgan fingerprint density at radius 2 is 1.79 bits per heavy atom. The molecule has 0 fully saturated rings. The van der Waals surface area contributed by atoms with Crippen LogP contribution in [-0.4, -0.2) is 44.4 Å². The van der Waals surface area contributed by atoms with Crippen molar-refractivity contribution >= 4 is 34.4 Å². The number of rotatable bonds is 10. The number of hydrogen-bond donors (Lipinski definition) is 0. The van der Waals surface area contributed by atoms with Gasteiger partial charge in [-0.3, -0.25) is 4.90 Å². The molecule has 0 bridgehead atoms. The van der Waals surface area contributed by atoms with E-state index in [0.29, 0.717) is 17.5 Å². The van der Waals surface area contributed by atoms with Gasteiger partial charge in [0.2, 0.25) is 0 Å². The average Bonchev–Trinajstić information content (AvgIpc) is 3.32. The standard InChI is InChI=1S/C26H32N2O3S2/c1-26(2,29-5)21-9-11-23(12-10-21)31-25(32)28(4)22-7-6-8-24(17-22)30-15-14-27(3)18-20-13-16-33-19-20/h6-13,16-17,19H,14-15,18H2,1-5H3. The molecule has 0 amide bonds. The molecule has 0 radical (unpaired) electrons. The zero-order chi connectivity index (χ0) is 23.8. The molecule has 3 aromatic rings. The fourth-order valence-corrected chi connectivity index (χ4v) is 4.05. The first-order chi connectivity index (χ1) is 15.8. The van der Waals surface area contributed by atoms with Gasteiger partial charge in [0.15, 0.2) is 0 Å². The van der Waals surface area contributed by atoms with Gasteiger partial charge in [-0.1, -0.05) is 18.2 Å². The zero-order valence-electron chi connectivity index (χ0n) is 19.9. The number of ether oxygens (including phenoxy) is 3. The summed E-state index contributed by atoms with van der Waals surface area (Å²) in [4.78, 5) is 4.08. The largest absolute Gasteiger partial charge is 0.492 e. The maximum Gasteiger partial charge on any atom is 0.269 e. The number of thiophene rings is 1. The highest BCUT2D eigenvalue weighted by molar-refractivity contribution is 7.80. The first-order valence-corrected chi connectivity index (χ1v) is 12.2. The van der Waals surface area contributed by atoms with Crippen molar-refractivity contribution in [3.05, 3.63) is 76.5 Å². The van der Waals surface area contributed by atoms with E-state index >= 15 is 0 Å². The van der Waals surface area contributed by atoms with Gasteiger partial charge in [0.25, 0.3) is 5.17 Å². The van der Waals surface area contributed by atoms with Gasteiger partial charge >= 0.3 is 0 Å². The first-order valence-electron chi connectivity index (χ1n) is 10.8. The summed E-state index contributed by atoms with van der Waals surface area (Å²) < 4.78 is 17.4. The van der Waals surface area contributed by atoms with Crippen LogP contribution in [0.15, 0.2) is 65.4 Å². The van der Waals surface area contributed by atoms with E-state index in [1.54, 1.807) is 18.4 Å². The molecule has 1 aromatic heterocycles. The molecule has 0 unspecified atom stereocenters. The first kappa shape index (κ1) is 25.2. The molecule has 5 nitrogen and oxygen atoms in total. The van der Waals surface area contributed by atoms with E-state index in [1.165, 1.54) is 5.56 Å². The summed E-state index contributed by atoms with van der Waals surface area (Å²) in [6.07, 6.45) is 0. The normalized spacial score (nSPS) is 11.5. The molecule has 0 aliphatic heterocycles. The van der Waals surface area contributed by atoms with E-state index < -0.39 is 0 Å². The second kappa shape index (κ2) is 11.6. The average molecular weight is 485 g/mol. The van der Waals surface area contributed by atoms with Gasteiger partial charge in [-0.2, -0.15) is 11.3 Å². The Morgan fingerprint density at radius 3 is 2.45 bits per heavy atom. The van der Waals surface area contributed by atoms with Crippen LogP contribution in [0.4, 0.5) is 5.69 Å². The minimum atomic E-state index is -0.352. The van der Waals surface area contributed by atoms with Crippen LogP contribution >= 0.6 is 23.6 Å². The molecule has 0 aliphatic carbocycles. The van der Waals surface area contributed by atoms with Crippen LogP contribution in [0, 0.1) is 0 Å². The predicted molar refractivity (Wildman–Crippen MR) is 141 cm³/mol. The van der Waals surface area contributed by atoms with Gasteiger partial charge in [-0.25, -0.2) is 0 Å². The number of methoxy groups -OCH3 is 1. The molecule has 2 aromatic carbocycles. The van der Waals surface area contributed by atoms with Crippen LogP contribution in [0.2, 0.25) is 0 Å². The Bertz CT molecular complexity index is 1020. The second-order valence-electron chi connectivity index (χ2n) is 8.38. The van der Waals surface area contributed by atoms with E-state index in [1.807, 2.05) is 74.3 Å². The molecule has 3 rings (SSSR count). The summed E-state index contributed by atoms with van der Waals surface area (Å²) in [5.41, 5.74) is 2.95. The Balaban J connectivity index is 1.52. The third kappa shape index (κ3) is 7.27.